The highest BCUT2D eigenvalue weighted by Gasteiger charge is 2.32. The van der Waals surface area contributed by atoms with Gasteiger partial charge in [-0.25, -0.2) is 9.79 Å². The Bertz CT molecular complexity index is 858. The molecular formula is C22H29N3O4S2. The van der Waals surface area contributed by atoms with Gasteiger partial charge in [0.1, 0.15) is 5.00 Å². The number of nitrogens with one attached hydrogen (secondary N) is 2. The minimum absolute atomic E-state index is 0.00934. The first-order valence-electron chi connectivity index (χ1n) is 11.0. The van der Waals surface area contributed by atoms with Crippen LogP contribution >= 0.6 is 23.6 Å². The Hall–Kier alpha value is -2.13. The molecular weight excluding hydrogens is 434 g/mol. The molecule has 0 bridgehead atoms. The van der Waals surface area contributed by atoms with Crippen molar-refractivity contribution in [2.75, 3.05) is 6.61 Å². The highest BCUT2D eigenvalue weighted by Crippen LogP contribution is 2.38. The molecule has 1 aliphatic carbocycles. The predicted molar refractivity (Wildman–Crippen MR) is 125 cm³/mol. The number of esters is 1. The summed E-state index contributed by atoms with van der Waals surface area (Å²) in [4.78, 5) is 42.7. The van der Waals surface area contributed by atoms with Gasteiger partial charge in [-0.15, -0.1) is 11.3 Å². The molecule has 2 amide bonds. The van der Waals surface area contributed by atoms with Crippen molar-refractivity contribution in [3.63, 3.8) is 0 Å². The van der Waals surface area contributed by atoms with Crippen molar-refractivity contribution in [1.82, 2.24) is 10.6 Å². The molecule has 0 saturated carbocycles. The van der Waals surface area contributed by atoms with Gasteiger partial charge < -0.3 is 15.4 Å². The summed E-state index contributed by atoms with van der Waals surface area (Å²) in [5, 5.41) is 5.35. The number of fused-ring (bicyclic) bond motifs is 1. The first kappa shape index (κ1) is 23.5. The second-order valence-corrected chi connectivity index (χ2v) is 9.29. The van der Waals surface area contributed by atoms with Crippen LogP contribution in [-0.2, 0) is 27.2 Å². The van der Waals surface area contributed by atoms with Crippen LogP contribution in [-0.4, -0.2) is 35.7 Å². The Balaban J connectivity index is 1.93. The summed E-state index contributed by atoms with van der Waals surface area (Å²) in [5.74, 6) is -2.53. The number of hydrogen-bond acceptors (Lipinski definition) is 7. The topological polar surface area (TPSA) is 96.9 Å². The summed E-state index contributed by atoms with van der Waals surface area (Å²) in [6.45, 7) is 2.05. The van der Waals surface area contributed by atoms with E-state index in [1.54, 1.807) is 6.92 Å². The number of nitrogens with zero attached hydrogens (tertiary/aromatic N) is 1. The van der Waals surface area contributed by atoms with Gasteiger partial charge in [-0.3, -0.25) is 9.59 Å². The van der Waals surface area contributed by atoms with Crippen LogP contribution in [0, 0.1) is 5.92 Å². The number of carbonyl (C=O) groups excluding carboxylic acids is 3. The van der Waals surface area contributed by atoms with Gasteiger partial charge in [0.15, 0.2) is 11.0 Å². The van der Waals surface area contributed by atoms with Gasteiger partial charge in [-0.05, 0) is 50.4 Å². The van der Waals surface area contributed by atoms with Gasteiger partial charge in [-0.1, -0.05) is 38.5 Å². The van der Waals surface area contributed by atoms with Crippen molar-refractivity contribution in [3.8, 4) is 0 Å². The van der Waals surface area contributed by atoms with E-state index in [9.17, 15) is 14.4 Å². The third-order valence-electron chi connectivity index (χ3n) is 5.51. The van der Waals surface area contributed by atoms with Gasteiger partial charge in [0.25, 0.3) is 0 Å². The molecule has 31 heavy (non-hydrogen) atoms. The molecule has 2 heterocycles. The fourth-order valence-electron chi connectivity index (χ4n) is 3.92. The summed E-state index contributed by atoms with van der Waals surface area (Å²) in [5.41, 5.74) is 1.51. The maximum Gasteiger partial charge on any atom is 0.341 e. The predicted octanol–water partition coefficient (Wildman–Crippen LogP) is 3.99. The van der Waals surface area contributed by atoms with E-state index in [0.717, 1.165) is 42.5 Å². The maximum absolute atomic E-state index is 12.8. The van der Waals surface area contributed by atoms with E-state index >= 15 is 0 Å². The zero-order chi connectivity index (χ0) is 22.2. The fraction of sp³-hybridized carbons (Fsp3) is 0.591. The highest BCUT2D eigenvalue weighted by atomic mass is 32.1. The van der Waals surface area contributed by atoms with Crippen LogP contribution in [0.3, 0.4) is 0 Å². The van der Waals surface area contributed by atoms with Crippen LogP contribution in [0.5, 0.6) is 0 Å². The molecule has 1 aromatic heterocycles. The van der Waals surface area contributed by atoms with Crippen molar-refractivity contribution >= 4 is 57.7 Å². The molecule has 0 atom stereocenters. The van der Waals surface area contributed by atoms with Crippen molar-refractivity contribution in [2.24, 2.45) is 10.9 Å². The lowest BCUT2D eigenvalue weighted by Gasteiger charge is -2.19. The van der Waals surface area contributed by atoms with Gasteiger partial charge in [-0.2, -0.15) is 0 Å². The average Bonchev–Trinajstić information content (AvgIpc) is 3.04. The molecule has 0 unspecified atom stereocenters. The summed E-state index contributed by atoms with van der Waals surface area (Å²) in [6, 6.07) is 0. The molecule has 0 radical (unpaired) electrons. The van der Waals surface area contributed by atoms with Gasteiger partial charge >= 0.3 is 5.97 Å². The van der Waals surface area contributed by atoms with Crippen molar-refractivity contribution in [2.45, 2.75) is 71.1 Å². The number of ether oxygens (including phenoxy) is 1. The minimum Gasteiger partial charge on any atom is -0.462 e. The minimum atomic E-state index is -1.09. The number of carbonyl (C=O) groups is 3. The summed E-state index contributed by atoms with van der Waals surface area (Å²) in [6.07, 6.45) is 12.4. The highest BCUT2D eigenvalue weighted by molar-refractivity contribution is 7.80. The Labute approximate surface area is 192 Å². The number of thiophene rings is 1. The molecule has 1 aromatic rings. The zero-order valence-electron chi connectivity index (χ0n) is 17.8. The average molecular weight is 464 g/mol. The van der Waals surface area contributed by atoms with E-state index in [-0.39, 0.29) is 11.7 Å². The van der Waals surface area contributed by atoms with E-state index in [4.69, 9.17) is 17.0 Å². The fourth-order valence-corrected chi connectivity index (χ4v) is 5.35. The summed E-state index contributed by atoms with van der Waals surface area (Å²) in [7, 11) is 0. The molecule has 0 spiro atoms. The largest absolute Gasteiger partial charge is 0.462 e. The van der Waals surface area contributed by atoms with Gasteiger partial charge in [0, 0.05) is 11.1 Å². The lowest BCUT2D eigenvalue weighted by Crippen LogP contribution is -2.56. The quantitative estimate of drug-likeness (QED) is 0.305. The second-order valence-electron chi connectivity index (χ2n) is 7.80. The first-order valence-corrected chi connectivity index (χ1v) is 12.2. The van der Waals surface area contributed by atoms with Gasteiger partial charge in [0.05, 0.1) is 12.2 Å². The monoisotopic (exact) mass is 463 g/mol. The number of aliphatic imine (C=N–C) groups is 1. The Kier molecular flexibility index (Phi) is 8.71. The first-order chi connectivity index (χ1) is 15.0. The van der Waals surface area contributed by atoms with Crippen molar-refractivity contribution < 1.29 is 19.1 Å². The number of hydrogen-bond donors (Lipinski definition) is 2. The number of aryl methyl sites for hydroxylation is 1. The third-order valence-corrected chi connectivity index (χ3v) is 6.92. The molecule has 2 aliphatic rings. The van der Waals surface area contributed by atoms with E-state index in [1.165, 1.54) is 49.7 Å². The molecule has 1 aliphatic heterocycles. The summed E-state index contributed by atoms with van der Waals surface area (Å²) >= 11 is 6.30. The Morgan fingerprint density at radius 3 is 2.26 bits per heavy atom. The normalized spacial score (nSPS) is 19.2. The third kappa shape index (κ3) is 6.20. The molecule has 2 N–H and O–H groups in total. The molecule has 9 heteroatoms. The smallest absolute Gasteiger partial charge is 0.341 e. The molecule has 7 nitrogen and oxygen atoms in total. The SMILES string of the molecule is CCOC(=O)c1c(N=CC2C(=O)NC(=S)NC2=O)sc2c1CCCCCCCCCC2. The van der Waals surface area contributed by atoms with E-state index < -0.39 is 23.7 Å². The van der Waals surface area contributed by atoms with Crippen LogP contribution in [0.1, 0.15) is 79.1 Å². The number of rotatable bonds is 4. The van der Waals surface area contributed by atoms with Crippen molar-refractivity contribution in [3.05, 3.63) is 16.0 Å². The van der Waals surface area contributed by atoms with E-state index in [2.05, 4.69) is 15.6 Å². The number of amides is 2. The zero-order valence-corrected chi connectivity index (χ0v) is 19.5. The lowest BCUT2D eigenvalue weighted by atomic mass is 9.97. The van der Waals surface area contributed by atoms with Crippen LogP contribution in [0.15, 0.2) is 4.99 Å². The van der Waals surface area contributed by atoms with Crippen LogP contribution in [0.4, 0.5) is 5.00 Å². The summed E-state index contributed by atoms with van der Waals surface area (Å²) < 4.78 is 5.33. The van der Waals surface area contributed by atoms with Crippen LogP contribution in [0.2, 0.25) is 0 Å². The Morgan fingerprint density at radius 1 is 1.06 bits per heavy atom. The molecule has 168 valence electrons. The molecule has 0 aromatic carbocycles. The lowest BCUT2D eigenvalue weighted by molar-refractivity contribution is -0.131. The molecule has 1 saturated heterocycles. The Morgan fingerprint density at radius 2 is 1.65 bits per heavy atom. The van der Waals surface area contributed by atoms with Gasteiger partial charge in [0.2, 0.25) is 11.8 Å². The van der Waals surface area contributed by atoms with Crippen molar-refractivity contribution in [1.29, 1.82) is 0 Å². The number of thiocarbonyl (C=S) groups is 1. The van der Waals surface area contributed by atoms with E-state index in [1.807, 2.05) is 0 Å². The maximum atomic E-state index is 12.8. The standard InChI is InChI=1S/C22H29N3O4S2/c1-2-29-21(28)17-14-11-9-7-5-3-4-6-8-10-12-16(14)31-20(17)23-13-15-18(26)24-22(30)25-19(15)27/h13,15H,2-12H2,1H3,(H2,24,25,26,27,30). The molecule has 1 fully saturated rings. The molecule has 3 rings (SSSR count). The second kappa shape index (κ2) is 11.5. The van der Waals surface area contributed by atoms with E-state index in [0.29, 0.717) is 10.6 Å². The van der Waals surface area contributed by atoms with Crippen LogP contribution < -0.4 is 10.6 Å². The van der Waals surface area contributed by atoms with Crippen LogP contribution in [0.25, 0.3) is 0 Å².